The molecule has 0 saturated heterocycles. The first-order valence-corrected chi connectivity index (χ1v) is 6.60. The lowest BCUT2D eigenvalue weighted by Crippen LogP contribution is -1.95. The molecule has 0 unspecified atom stereocenters. The third-order valence-electron chi connectivity index (χ3n) is 3.55. The van der Waals surface area contributed by atoms with Gasteiger partial charge < -0.3 is 4.42 Å². The smallest absolute Gasteiger partial charge is 0.134 e. The van der Waals surface area contributed by atoms with Crippen LogP contribution in [0.1, 0.15) is 37.0 Å². The van der Waals surface area contributed by atoms with Crippen molar-refractivity contribution in [3.05, 3.63) is 47.7 Å². The second-order valence-electron chi connectivity index (χ2n) is 4.84. The molecule has 0 atom stereocenters. The van der Waals surface area contributed by atoms with Crippen molar-refractivity contribution in [1.29, 1.82) is 0 Å². The first-order valence-electron chi connectivity index (χ1n) is 6.60. The lowest BCUT2D eigenvalue weighted by atomic mass is 9.99. The van der Waals surface area contributed by atoms with Gasteiger partial charge in [-0.05, 0) is 30.9 Å². The van der Waals surface area contributed by atoms with Gasteiger partial charge in [0.1, 0.15) is 11.5 Å². The highest BCUT2D eigenvalue weighted by Gasteiger charge is 2.13. The molecule has 2 aromatic rings. The minimum absolute atomic E-state index is 1.04. The molecular weight excluding hydrogens is 208 g/mol. The molecule has 1 heterocycles. The van der Waals surface area contributed by atoms with Gasteiger partial charge in [0, 0.05) is 12.0 Å². The van der Waals surface area contributed by atoms with Gasteiger partial charge in [-0.2, -0.15) is 0 Å². The van der Waals surface area contributed by atoms with E-state index in [0.29, 0.717) is 0 Å². The van der Waals surface area contributed by atoms with E-state index in [1.807, 2.05) is 6.07 Å². The Kier molecular flexibility index (Phi) is 3.00. The summed E-state index contributed by atoms with van der Waals surface area (Å²) in [5.41, 5.74) is 2.63. The highest BCUT2D eigenvalue weighted by Crippen LogP contribution is 2.29. The number of rotatable bonds is 1. The highest BCUT2D eigenvalue weighted by atomic mass is 16.3. The van der Waals surface area contributed by atoms with E-state index in [-0.39, 0.29) is 0 Å². The molecule has 1 aromatic heterocycles. The van der Waals surface area contributed by atoms with Gasteiger partial charge in [-0.1, -0.05) is 43.2 Å². The normalized spacial score (nSPS) is 16.0. The molecular formula is C16H18O. The summed E-state index contributed by atoms with van der Waals surface area (Å²) in [6.07, 6.45) is 7.59. The molecule has 0 aliphatic heterocycles. The molecule has 0 radical (unpaired) electrons. The second kappa shape index (κ2) is 4.79. The first kappa shape index (κ1) is 10.6. The first-order chi connectivity index (χ1) is 8.43. The van der Waals surface area contributed by atoms with E-state index in [1.165, 1.54) is 49.0 Å². The fourth-order valence-corrected chi connectivity index (χ4v) is 2.59. The van der Waals surface area contributed by atoms with Crippen LogP contribution in [-0.2, 0) is 12.8 Å². The monoisotopic (exact) mass is 226 g/mol. The predicted molar refractivity (Wildman–Crippen MR) is 70.0 cm³/mol. The molecule has 1 nitrogen and oxygen atoms in total. The number of hydrogen-bond donors (Lipinski definition) is 0. The van der Waals surface area contributed by atoms with E-state index in [0.717, 1.165) is 12.2 Å². The fourth-order valence-electron chi connectivity index (χ4n) is 2.59. The summed E-state index contributed by atoms with van der Waals surface area (Å²) in [4.78, 5) is 0. The summed E-state index contributed by atoms with van der Waals surface area (Å²) in [6.45, 7) is 0. The summed E-state index contributed by atoms with van der Waals surface area (Å²) in [6, 6.07) is 12.7. The largest absolute Gasteiger partial charge is 0.461 e. The molecule has 0 spiro atoms. The van der Waals surface area contributed by atoms with Crippen molar-refractivity contribution in [2.24, 2.45) is 0 Å². The van der Waals surface area contributed by atoms with Crippen LogP contribution in [0.5, 0.6) is 0 Å². The third-order valence-corrected chi connectivity index (χ3v) is 3.55. The average molecular weight is 226 g/mol. The van der Waals surface area contributed by atoms with Crippen molar-refractivity contribution in [3.63, 3.8) is 0 Å². The van der Waals surface area contributed by atoms with Crippen molar-refractivity contribution < 1.29 is 4.42 Å². The van der Waals surface area contributed by atoms with Gasteiger partial charge >= 0.3 is 0 Å². The van der Waals surface area contributed by atoms with E-state index < -0.39 is 0 Å². The molecule has 3 rings (SSSR count). The maximum absolute atomic E-state index is 6.03. The van der Waals surface area contributed by atoms with Crippen LogP contribution in [0.2, 0.25) is 0 Å². The maximum Gasteiger partial charge on any atom is 0.134 e. The Bertz CT molecular complexity index is 456. The van der Waals surface area contributed by atoms with Gasteiger partial charge in [-0.25, -0.2) is 0 Å². The van der Waals surface area contributed by atoms with Crippen molar-refractivity contribution in [2.75, 3.05) is 0 Å². The minimum Gasteiger partial charge on any atom is -0.461 e. The number of furan rings is 1. The van der Waals surface area contributed by atoms with Crippen LogP contribution in [-0.4, -0.2) is 0 Å². The van der Waals surface area contributed by atoms with Gasteiger partial charge in [-0.15, -0.1) is 0 Å². The second-order valence-corrected chi connectivity index (χ2v) is 4.84. The molecule has 1 aromatic carbocycles. The van der Waals surface area contributed by atoms with Crippen molar-refractivity contribution in [2.45, 2.75) is 38.5 Å². The summed E-state index contributed by atoms with van der Waals surface area (Å²) >= 11 is 0. The number of hydrogen-bond acceptors (Lipinski definition) is 1. The van der Waals surface area contributed by atoms with Crippen molar-refractivity contribution in [1.82, 2.24) is 0 Å². The molecule has 0 amide bonds. The van der Waals surface area contributed by atoms with E-state index in [9.17, 15) is 0 Å². The van der Waals surface area contributed by atoms with Crippen LogP contribution >= 0.6 is 0 Å². The molecule has 0 saturated carbocycles. The Morgan fingerprint density at radius 1 is 0.824 bits per heavy atom. The zero-order valence-corrected chi connectivity index (χ0v) is 10.1. The molecule has 1 heteroatoms. The van der Waals surface area contributed by atoms with Gasteiger partial charge in [0.2, 0.25) is 0 Å². The highest BCUT2D eigenvalue weighted by molar-refractivity contribution is 5.58. The van der Waals surface area contributed by atoms with Crippen molar-refractivity contribution in [3.8, 4) is 11.3 Å². The number of aryl methyl sites for hydroxylation is 2. The quantitative estimate of drug-likeness (QED) is 0.692. The molecule has 88 valence electrons. The molecule has 1 aliphatic rings. The van der Waals surface area contributed by atoms with Crippen LogP contribution < -0.4 is 0 Å². The Balaban J connectivity index is 1.95. The maximum atomic E-state index is 6.03. The Labute approximate surface area is 102 Å². The Morgan fingerprint density at radius 2 is 1.59 bits per heavy atom. The standard InChI is InChI=1S/C16H18O/c1-2-7-11-15-14(10-4-1)12-16(17-15)13-8-5-3-6-9-13/h3,5-6,8-9,12H,1-2,4,7,10-11H2. The van der Waals surface area contributed by atoms with E-state index >= 15 is 0 Å². The van der Waals surface area contributed by atoms with E-state index in [1.54, 1.807) is 0 Å². The summed E-state index contributed by atoms with van der Waals surface area (Å²) in [5.74, 6) is 2.26. The number of fused-ring (bicyclic) bond motifs is 1. The topological polar surface area (TPSA) is 13.1 Å². The van der Waals surface area contributed by atoms with E-state index in [2.05, 4.69) is 30.3 Å². The van der Waals surface area contributed by atoms with E-state index in [4.69, 9.17) is 4.42 Å². The van der Waals surface area contributed by atoms with Crippen LogP contribution in [0, 0.1) is 0 Å². The minimum atomic E-state index is 1.04. The van der Waals surface area contributed by atoms with Crippen LogP contribution in [0.25, 0.3) is 11.3 Å². The molecule has 1 aliphatic carbocycles. The zero-order chi connectivity index (χ0) is 11.5. The summed E-state index contributed by atoms with van der Waals surface area (Å²) in [7, 11) is 0. The average Bonchev–Trinajstić information content (AvgIpc) is 2.73. The lowest BCUT2D eigenvalue weighted by molar-refractivity contribution is 0.487. The van der Waals surface area contributed by atoms with Crippen LogP contribution in [0.15, 0.2) is 40.8 Å². The third kappa shape index (κ3) is 2.28. The lowest BCUT2D eigenvalue weighted by Gasteiger charge is -2.06. The zero-order valence-electron chi connectivity index (χ0n) is 10.1. The fraction of sp³-hybridized carbons (Fsp3) is 0.375. The molecule has 0 fully saturated rings. The molecule has 0 bridgehead atoms. The summed E-state index contributed by atoms with van der Waals surface area (Å²) in [5, 5.41) is 0. The summed E-state index contributed by atoms with van der Waals surface area (Å²) < 4.78 is 6.03. The van der Waals surface area contributed by atoms with Crippen LogP contribution in [0.4, 0.5) is 0 Å². The number of benzene rings is 1. The SMILES string of the molecule is c1ccc(-c2cc3c(o2)CCCCCC3)cc1. The van der Waals surface area contributed by atoms with Crippen LogP contribution in [0.3, 0.4) is 0 Å². The van der Waals surface area contributed by atoms with Gasteiger partial charge in [-0.3, -0.25) is 0 Å². The Hall–Kier alpha value is -1.50. The molecule has 17 heavy (non-hydrogen) atoms. The van der Waals surface area contributed by atoms with Gasteiger partial charge in [0.15, 0.2) is 0 Å². The predicted octanol–water partition coefficient (Wildman–Crippen LogP) is 4.61. The Morgan fingerprint density at radius 3 is 2.41 bits per heavy atom. The van der Waals surface area contributed by atoms with Crippen molar-refractivity contribution >= 4 is 0 Å². The molecule has 0 N–H and O–H groups in total. The van der Waals surface area contributed by atoms with Gasteiger partial charge in [0.05, 0.1) is 0 Å². The van der Waals surface area contributed by atoms with Gasteiger partial charge in [0.25, 0.3) is 0 Å².